The fourth-order valence-corrected chi connectivity index (χ4v) is 5.35. The Morgan fingerprint density at radius 2 is 1.61 bits per heavy atom. The number of hydrogen-bond acceptors (Lipinski definition) is 7. The van der Waals surface area contributed by atoms with E-state index in [9.17, 15) is 21.6 Å². The lowest BCUT2D eigenvalue weighted by Crippen LogP contribution is -2.40. The molecule has 0 unspecified atom stereocenters. The number of sulfonamides is 2. The molecule has 1 saturated heterocycles. The molecule has 1 aliphatic rings. The van der Waals surface area contributed by atoms with Crippen LogP contribution in [-0.2, 0) is 29.6 Å². The van der Waals surface area contributed by atoms with Gasteiger partial charge in [-0.3, -0.25) is 9.52 Å². The third-order valence-electron chi connectivity index (χ3n) is 4.48. The summed E-state index contributed by atoms with van der Waals surface area (Å²) in [5, 5.41) is 0. The first-order chi connectivity index (χ1) is 14.7. The van der Waals surface area contributed by atoms with Crippen molar-refractivity contribution in [3.63, 3.8) is 0 Å². The summed E-state index contributed by atoms with van der Waals surface area (Å²) < 4.78 is 65.3. The third-order valence-corrected chi connectivity index (χ3v) is 7.77. The zero-order valence-electron chi connectivity index (χ0n) is 16.6. The highest BCUT2D eigenvalue weighted by molar-refractivity contribution is 7.92. The summed E-state index contributed by atoms with van der Waals surface area (Å²) in [6.07, 6.45) is -0.0137. The number of para-hydroxylation sites is 2. The van der Waals surface area contributed by atoms with Crippen molar-refractivity contribution in [1.29, 1.82) is 0 Å². The zero-order valence-corrected chi connectivity index (χ0v) is 18.2. The third kappa shape index (κ3) is 5.73. The molecule has 0 aromatic heterocycles. The molecule has 1 amide bonds. The van der Waals surface area contributed by atoms with Crippen LogP contribution < -0.4 is 15.2 Å². The van der Waals surface area contributed by atoms with Crippen LogP contribution in [0.25, 0.3) is 0 Å². The normalized spacial score (nSPS) is 15.4. The lowest BCUT2D eigenvalue weighted by atomic mass is 10.3. The van der Waals surface area contributed by atoms with Gasteiger partial charge in [0, 0.05) is 13.1 Å². The van der Waals surface area contributed by atoms with Crippen molar-refractivity contribution < 1.29 is 31.1 Å². The van der Waals surface area contributed by atoms with Gasteiger partial charge in [-0.2, -0.15) is 4.31 Å². The number of ether oxygens (including phenoxy) is 2. The highest BCUT2D eigenvalue weighted by Crippen LogP contribution is 2.27. The summed E-state index contributed by atoms with van der Waals surface area (Å²) >= 11 is 0. The molecule has 3 rings (SSSR count). The Hall–Kier alpha value is -2.67. The topological polar surface area (TPSA) is 145 Å². The van der Waals surface area contributed by atoms with E-state index in [1.165, 1.54) is 34.6 Å². The first kappa shape index (κ1) is 23.0. The van der Waals surface area contributed by atoms with Gasteiger partial charge in [0.1, 0.15) is 5.75 Å². The molecule has 3 N–H and O–H groups in total. The van der Waals surface area contributed by atoms with Crippen LogP contribution in [0, 0.1) is 0 Å². The lowest BCUT2D eigenvalue weighted by Gasteiger charge is -2.26. The Bertz CT molecular complexity index is 1130. The highest BCUT2D eigenvalue weighted by atomic mass is 32.2. The quantitative estimate of drug-likeness (QED) is 0.551. The van der Waals surface area contributed by atoms with Crippen molar-refractivity contribution in [2.45, 2.75) is 16.2 Å². The van der Waals surface area contributed by atoms with Gasteiger partial charge in [0.05, 0.1) is 41.7 Å². The number of morpholine rings is 1. The molecule has 1 aliphatic heterocycles. The maximum Gasteiger partial charge on any atom is 0.262 e. The average Bonchev–Trinajstić information content (AvgIpc) is 2.75. The smallest absolute Gasteiger partial charge is 0.262 e. The number of primary amides is 1. The van der Waals surface area contributed by atoms with E-state index in [2.05, 4.69) is 4.72 Å². The number of benzene rings is 2. The van der Waals surface area contributed by atoms with Crippen molar-refractivity contribution in [3.8, 4) is 5.75 Å². The van der Waals surface area contributed by atoms with E-state index in [1.807, 2.05) is 0 Å². The average molecular weight is 470 g/mol. The van der Waals surface area contributed by atoms with Gasteiger partial charge in [0.15, 0.2) is 0 Å². The first-order valence-electron chi connectivity index (χ1n) is 9.41. The molecule has 168 valence electrons. The van der Waals surface area contributed by atoms with Crippen LogP contribution >= 0.6 is 0 Å². The molecule has 0 atom stereocenters. The predicted molar refractivity (Wildman–Crippen MR) is 113 cm³/mol. The van der Waals surface area contributed by atoms with Crippen molar-refractivity contribution in [1.82, 2.24) is 4.31 Å². The molecule has 0 saturated carbocycles. The largest absolute Gasteiger partial charge is 0.491 e. The highest BCUT2D eigenvalue weighted by Gasteiger charge is 2.27. The number of carbonyl (C=O) groups excluding carboxylic acids is 1. The van der Waals surface area contributed by atoms with Gasteiger partial charge in [0.25, 0.3) is 10.0 Å². The van der Waals surface area contributed by atoms with Gasteiger partial charge in [-0.15, -0.1) is 0 Å². The van der Waals surface area contributed by atoms with E-state index < -0.39 is 26.0 Å². The summed E-state index contributed by atoms with van der Waals surface area (Å²) in [5.41, 5.74) is 5.26. The second kappa shape index (κ2) is 9.64. The molecule has 1 fully saturated rings. The van der Waals surface area contributed by atoms with E-state index in [1.54, 1.807) is 18.2 Å². The molecular weight excluding hydrogens is 446 g/mol. The number of hydrogen-bond donors (Lipinski definition) is 2. The summed E-state index contributed by atoms with van der Waals surface area (Å²) in [4.78, 5) is 10.8. The monoisotopic (exact) mass is 469 g/mol. The minimum Gasteiger partial charge on any atom is -0.491 e. The van der Waals surface area contributed by atoms with Crippen LogP contribution in [0.15, 0.2) is 58.3 Å². The van der Waals surface area contributed by atoms with E-state index >= 15 is 0 Å². The molecule has 12 heteroatoms. The van der Waals surface area contributed by atoms with Crippen LogP contribution in [0.2, 0.25) is 0 Å². The number of nitrogens with zero attached hydrogens (tertiary/aromatic N) is 1. The summed E-state index contributed by atoms with van der Waals surface area (Å²) in [7, 11) is -7.74. The fourth-order valence-electron chi connectivity index (χ4n) is 2.87. The van der Waals surface area contributed by atoms with Crippen molar-refractivity contribution in [3.05, 3.63) is 48.5 Å². The maximum absolute atomic E-state index is 12.8. The van der Waals surface area contributed by atoms with Crippen molar-refractivity contribution in [2.75, 3.05) is 37.6 Å². The minimum absolute atomic E-state index is 0.00215. The predicted octanol–water partition coefficient (Wildman–Crippen LogP) is 0.763. The van der Waals surface area contributed by atoms with Crippen LogP contribution in [0.5, 0.6) is 5.75 Å². The van der Waals surface area contributed by atoms with Crippen molar-refractivity contribution >= 4 is 31.6 Å². The minimum atomic E-state index is -4.01. The lowest BCUT2D eigenvalue weighted by molar-refractivity contribution is -0.118. The number of nitrogens with two attached hydrogens (primary N) is 1. The van der Waals surface area contributed by atoms with E-state index in [0.717, 1.165) is 0 Å². The fraction of sp³-hybridized carbons (Fsp3) is 0.316. The summed E-state index contributed by atoms with van der Waals surface area (Å²) in [6.45, 7) is 1.13. The van der Waals surface area contributed by atoms with E-state index in [0.29, 0.717) is 13.2 Å². The molecule has 1 heterocycles. The number of nitrogens with one attached hydrogen (secondary N) is 1. The zero-order chi connectivity index (χ0) is 22.5. The SMILES string of the molecule is NC(=O)CCOc1ccccc1NS(=O)(=O)c1ccc(S(=O)(=O)N2CCOCC2)cc1. The molecule has 10 nitrogen and oxygen atoms in total. The second-order valence-corrected chi connectivity index (χ2v) is 10.3. The van der Waals surface area contributed by atoms with Crippen molar-refractivity contribution in [2.24, 2.45) is 5.73 Å². The van der Waals surface area contributed by atoms with Gasteiger partial charge >= 0.3 is 0 Å². The Kier molecular flexibility index (Phi) is 7.15. The summed E-state index contributed by atoms with van der Waals surface area (Å²) in [6, 6.07) is 11.3. The standard InChI is InChI=1S/C19H23N3O7S2/c20-19(23)9-12-29-18-4-2-1-3-17(18)21-30(24,25)15-5-7-16(8-6-15)31(26,27)22-10-13-28-14-11-22/h1-8,21H,9-14H2,(H2,20,23). The van der Waals surface area contributed by atoms with Gasteiger partial charge in [0.2, 0.25) is 15.9 Å². The van der Waals surface area contributed by atoms with Crippen LogP contribution in [0.4, 0.5) is 5.69 Å². The molecular formula is C19H23N3O7S2. The van der Waals surface area contributed by atoms with E-state index in [4.69, 9.17) is 15.2 Å². The molecule has 2 aromatic carbocycles. The molecule has 0 bridgehead atoms. The van der Waals surface area contributed by atoms with Gasteiger partial charge < -0.3 is 15.2 Å². The Morgan fingerprint density at radius 1 is 1.00 bits per heavy atom. The van der Waals surface area contributed by atoms with Crippen LogP contribution in [0.3, 0.4) is 0 Å². The Morgan fingerprint density at radius 3 is 2.26 bits per heavy atom. The van der Waals surface area contributed by atoms with Crippen LogP contribution in [0.1, 0.15) is 6.42 Å². The van der Waals surface area contributed by atoms with E-state index in [-0.39, 0.29) is 47.3 Å². The maximum atomic E-state index is 12.8. The summed E-state index contributed by atoms with van der Waals surface area (Å²) in [5.74, 6) is -0.302. The number of rotatable bonds is 9. The van der Waals surface area contributed by atoms with Crippen LogP contribution in [-0.4, -0.2) is 60.0 Å². The van der Waals surface area contributed by atoms with Gasteiger partial charge in [-0.05, 0) is 36.4 Å². The molecule has 0 aliphatic carbocycles. The second-order valence-electron chi connectivity index (χ2n) is 6.65. The molecule has 0 spiro atoms. The molecule has 31 heavy (non-hydrogen) atoms. The first-order valence-corrected chi connectivity index (χ1v) is 12.3. The molecule has 0 radical (unpaired) electrons. The number of amides is 1. The number of carbonyl (C=O) groups is 1. The Balaban J connectivity index is 1.77. The number of anilines is 1. The molecule has 2 aromatic rings. The Labute approximate surface area is 181 Å². The van der Waals surface area contributed by atoms with Gasteiger partial charge in [-0.25, -0.2) is 16.8 Å². The van der Waals surface area contributed by atoms with Gasteiger partial charge in [-0.1, -0.05) is 12.1 Å².